The summed E-state index contributed by atoms with van der Waals surface area (Å²) >= 11 is 0. The summed E-state index contributed by atoms with van der Waals surface area (Å²) in [6.45, 7) is 7.98. The van der Waals surface area contributed by atoms with Gasteiger partial charge in [0, 0.05) is 31.9 Å². The maximum absolute atomic E-state index is 4.59. The normalized spacial score (nSPS) is 10.5. The average molecular weight is 284 g/mol. The molecule has 0 bridgehead atoms. The Bertz CT molecular complexity index is 595. The van der Waals surface area contributed by atoms with Gasteiger partial charge in [-0.25, -0.2) is 4.98 Å². The van der Waals surface area contributed by atoms with Crippen LogP contribution in [0.2, 0.25) is 0 Å². The van der Waals surface area contributed by atoms with Crippen molar-refractivity contribution in [2.24, 2.45) is 0 Å². The molecule has 0 aliphatic carbocycles. The van der Waals surface area contributed by atoms with E-state index in [0.29, 0.717) is 5.95 Å². The van der Waals surface area contributed by atoms with Gasteiger partial charge in [-0.05, 0) is 25.8 Å². The topological polar surface area (TPSA) is 41.1 Å². The molecule has 0 amide bonds. The van der Waals surface area contributed by atoms with Crippen molar-refractivity contribution in [3.05, 3.63) is 47.2 Å². The minimum atomic E-state index is 0.711. The van der Waals surface area contributed by atoms with Crippen LogP contribution < -0.4 is 10.2 Å². The molecule has 0 spiro atoms. The molecule has 0 saturated heterocycles. The molecule has 2 aromatic rings. The Hall–Kier alpha value is -2.10. The van der Waals surface area contributed by atoms with E-state index < -0.39 is 0 Å². The first-order chi connectivity index (χ1) is 10.1. The molecule has 0 saturated carbocycles. The highest BCUT2D eigenvalue weighted by Gasteiger charge is 2.07. The fourth-order valence-electron chi connectivity index (χ4n) is 2.23. The number of aryl methyl sites for hydroxylation is 2. The second-order valence-electron chi connectivity index (χ2n) is 5.46. The third-order valence-corrected chi connectivity index (χ3v) is 3.27. The monoisotopic (exact) mass is 284 g/mol. The molecule has 112 valence electrons. The van der Waals surface area contributed by atoms with Crippen LogP contribution in [0, 0.1) is 13.8 Å². The van der Waals surface area contributed by atoms with Gasteiger partial charge in [-0.15, -0.1) is 0 Å². The molecule has 21 heavy (non-hydrogen) atoms. The van der Waals surface area contributed by atoms with Gasteiger partial charge < -0.3 is 10.2 Å². The average Bonchev–Trinajstić information content (AvgIpc) is 2.44. The SMILES string of the molecule is CCCNc1nc(C)cc(N(C)Cc2cccc(C)c2)n1. The lowest BCUT2D eigenvalue weighted by Gasteiger charge is -2.19. The van der Waals surface area contributed by atoms with Gasteiger partial charge in [0.1, 0.15) is 5.82 Å². The van der Waals surface area contributed by atoms with Crippen LogP contribution in [-0.4, -0.2) is 23.6 Å². The zero-order chi connectivity index (χ0) is 15.2. The Morgan fingerprint density at radius 3 is 2.67 bits per heavy atom. The summed E-state index contributed by atoms with van der Waals surface area (Å²) in [6.07, 6.45) is 1.06. The predicted octanol–water partition coefficient (Wildman–Crippen LogP) is 3.55. The summed E-state index contributed by atoms with van der Waals surface area (Å²) in [5.74, 6) is 1.66. The van der Waals surface area contributed by atoms with Crippen molar-refractivity contribution >= 4 is 11.8 Å². The van der Waals surface area contributed by atoms with E-state index in [4.69, 9.17) is 0 Å². The molecule has 1 aromatic heterocycles. The van der Waals surface area contributed by atoms with E-state index in [1.807, 2.05) is 13.0 Å². The number of benzene rings is 1. The predicted molar refractivity (Wildman–Crippen MR) is 88.8 cm³/mol. The largest absolute Gasteiger partial charge is 0.355 e. The van der Waals surface area contributed by atoms with Crippen LogP contribution in [0.3, 0.4) is 0 Å². The second kappa shape index (κ2) is 7.07. The summed E-state index contributed by atoms with van der Waals surface area (Å²) in [5.41, 5.74) is 3.55. The number of rotatable bonds is 6. The molecular weight excluding hydrogens is 260 g/mol. The van der Waals surface area contributed by atoms with Gasteiger partial charge in [-0.2, -0.15) is 4.98 Å². The van der Waals surface area contributed by atoms with Crippen molar-refractivity contribution in [3.63, 3.8) is 0 Å². The molecule has 0 radical (unpaired) electrons. The molecule has 0 unspecified atom stereocenters. The van der Waals surface area contributed by atoms with Crippen molar-refractivity contribution in [2.75, 3.05) is 23.8 Å². The van der Waals surface area contributed by atoms with Gasteiger partial charge in [0.05, 0.1) is 0 Å². The Kier molecular flexibility index (Phi) is 5.14. The van der Waals surface area contributed by atoms with Crippen LogP contribution in [0.25, 0.3) is 0 Å². The number of anilines is 2. The quantitative estimate of drug-likeness (QED) is 0.880. The van der Waals surface area contributed by atoms with Crippen LogP contribution in [0.1, 0.15) is 30.2 Å². The molecule has 0 aliphatic heterocycles. The first-order valence-electron chi connectivity index (χ1n) is 7.44. The Morgan fingerprint density at radius 1 is 1.14 bits per heavy atom. The van der Waals surface area contributed by atoms with E-state index in [9.17, 15) is 0 Å². The molecule has 0 aliphatic rings. The molecule has 1 heterocycles. The summed E-state index contributed by atoms with van der Waals surface area (Å²) in [7, 11) is 2.06. The first-order valence-corrected chi connectivity index (χ1v) is 7.44. The molecular formula is C17H24N4. The minimum absolute atomic E-state index is 0.711. The first kappa shape index (κ1) is 15.3. The van der Waals surface area contributed by atoms with Crippen LogP contribution >= 0.6 is 0 Å². The molecule has 0 atom stereocenters. The highest BCUT2D eigenvalue weighted by Crippen LogP contribution is 2.16. The van der Waals surface area contributed by atoms with Crippen LogP contribution in [0.15, 0.2) is 30.3 Å². The van der Waals surface area contributed by atoms with Crippen LogP contribution in [0.5, 0.6) is 0 Å². The third-order valence-electron chi connectivity index (χ3n) is 3.27. The maximum atomic E-state index is 4.59. The van der Waals surface area contributed by atoms with Gasteiger partial charge >= 0.3 is 0 Å². The standard InChI is InChI=1S/C17H24N4/c1-5-9-18-17-19-14(3)11-16(20-17)21(4)12-15-8-6-7-13(2)10-15/h6-8,10-11H,5,9,12H2,1-4H3,(H,18,19,20). The molecule has 1 aromatic carbocycles. The number of nitrogens with one attached hydrogen (secondary N) is 1. The van der Waals surface area contributed by atoms with Gasteiger partial charge in [0.2, 0.25) is 5.95 Å². The number of nitrogens with zero attached hydrogens (tertiary/aromatic N) is 3. The fraction of sp³-hybridized carbons (Fsp3) is 0.412. The summed E-state index contributed by atoms with van der Waals surface area (Å²) in [6, 6.07) is 10.6. The number of hydrogen-bond acceptors (Lipinski definition) is 4. The summed E-state index contributed by atoms with van der Waals surface area (Å²) in [4.78, 5) is 11.2. The van der Waals surface area contributed by atoms with Crippen molar-refractivity contribution < 1.29 is 0 Å². The van der Waals surface area contributed by atoms with Crippen molar-refractivity contribution in [3.8, 4) is 0 Å². The Balaban J connectivity index is 2.14. The number of aromatic nitrogens is 2. The van der Waals surface area contributed by atoms with Crippen LogP contribution in [-0.2, 0) is 6.54 Å². The van der Waals surface area contributed by atoms with E-state index in [0.717, 1.165) is 31.0 Å². The van der Waals surface area contributed by atoms with E-state index >= 15 is 0 Å². The van der Waals surface area contributed by atoms with E-state index in [-0.39, 0.29) is 0 Å². The fourth-order valence-corrected chi connectivity index (χ4v) is 2.23. The molecule has 1 N–H and O–H groups in total. The molecule has 4 nitrogen and oxygen atoms in total. The van der Waals surface area contributed by atoms with E-state index in [2.05, 4.69) is 65.3 Å². The lowest BCUT2D eigenvalue weighted by atomic mass is 10.1. The van der Waals surface area contributed by atoms with Gasteiger partial charge in [0.25, 0.3) is 0 Å². The van der Waals surface area contributed by atoms with E-state index in [1.165, 1.54) is 11.1 Å². The summed E-state index contributed by atoms with van der Waals surface area (Å²) < 4.78 is 0. The van der Waals surface area contributed by atoms with Gasteiger partial charge in [0.15, 0.2) is 0 Å². The lowest BCUT2D eigenvalue weighted by Crippen LogP contribution is -2.19. The highest BCUT2D eigenvalue weighted by atomic mass is 15.2. The zero-order valence-electron chi connectivity index (χ0n) is 13.3. The third kappa shape index (κ3) is 4.45. The summed E-state index contributed by atoms with van der Waals surface area (Å²) in [5, 5.41) is 3.25. The maximum Gasteiger partial charge on any atom is 0.224 e. The van der Waals surface area contributed by atoms with Crippen molar-refractivity contribution in [2.45, 2.75) is 33.7 Å². The molecule has 0 fully saturated rings. The van der Waals surface area contributed by atoms with Crippen molar-refractivity contribution in [1.29, 1.82) is 0 Å². The smallest absolute Gasteiger partial charge is 0.224 e. The Labute approximate surface area is 127 Å². The second-order valence-corrected chi connectivity index (χ2v) is 5.46. The Morgan fingerprint density at radius 2 is 1.95 bits per heavy atom. The van der Waals surface area contributed by atoms with Gasteiger partial charge in [-0.1, -0.05) is 36.8 Å². The molecule has 4 heteroatoms. The minimum Gasteiger partial charge on any atom is -0.355 e. The lowest BCUT2D eigenvalue weighted by molar-refractivity contribution is 0.878. The molecule has 2 rings (SSSR count). The highest BCUT2D eigenvalue weighted by molar-refractivity contribution is 5.44. The zero-order valence-corrected chi connectivity index (χ0v) is 13.3. The van der Waals surface area contributed by atoms with Crippen molar-refractivity contribution in [1.82, 2.24) is 9.97 Å². The van der Waals surface area contributed by atoms with Gasteiger partial charge in [-0.3, -0.25) is 0 Å². The number of hydrogen-bond donors (Lipinski definition) is 1. The van der Waals surface area contributed by atoms with Crippen LogP contribution in [0.4, 0.5) is 11.8 Å². The van der Waals surface area contributed by atoms with E-state index in [1.54, 1.807) is 0 Å².